The number of benzene rings is 1. The first-order valence-corrected chi connectivity index (χ1v) is 8.68. The number of rotatable bonds is 4. The molecule has 2 rings (SSSR count). The summed E-state index contributed by atoms with van der Waals surface area (Å²) in [6.45, 7) is 0.246. The van der Waals surface area contributed by atoms with E-state index in [2.05, 4.69) is 20.7 Å². The molecule has 0 spiro atoms. The first-order chi connectivity index (χ1) is 8.90. The lowest BCUT2D eigenvalue weighted by molar-refractivity contribution is 0.134. The Balaban J connectivity index is 2.09. The van der Waals surface area contributed by atoms with Crippen molar-refractivity contribution in [1.29, 1.82) is 0 Å². The van der Waals surface area contributed by atoms with E-state index in [1.807, 2.05) is 0 Å². The number of aliphatic hydroxyl groups excluding tert-OH is 1. The molecule has 1 fully saturated rings. The maximum Gasteiger partial charge on any atom is 0.242 e. The van der Waals surface area contributed by atoms with Crippen LogP contribution >= 0.6 is 27.5 Å². The first kappa shape index (κ1) is 15.3. The van der Waals surface area contributed by atoms with Crippen LogP contribution in [0.4, 0.5) is 0 Å². The zero-order valence-corrected chi connectivity index (χ0v) is 13.3. The van der Waals surface area contributed by atoms with Gasteiger partial charge in [0.05, 0.1) is 11.1 Å². The molecule has 0 aliphatic heterocycles. The predicted octanol–water partition coefficient (Wildman–Crippen LogP) is 2.54. The van der Waals surface area contributed by atoms with Crippen molar-refractivity contribution in [2.45, 2.75) is 30.3 Å². The fourth-order valence-electron chi connectivity index (χ4n) is 2.24. The molecule has 2 atom stereocenters. The van der Waals surface area contributed by atoms with E-state index in [-0.39, 0.29) is 22.4 Å². The largest absolute Gasteiger partial charge is 0.393 e. The number of hydrogen-bond acceptors (Lipinski definition) is 3. The third kappa shape index (κ3) is 3.70. The van der Waals surface area contributed by atoms with E-state index < -0.39 is 16.1 Å². The Morgan fingerprint density at radius 2 is 2.16 bits per heavy atom. The molecule has 4 nitrogen and oxygen atoms in total. The van der Waals surface area contributed by atoms with Gasteiger partial charge in [-0.2, -0.15) is 0 Å². The Bertz CT molecular complexity index is 564. The summed E-state index contributed by atoms with van der Waals surface area (Å²) in [5, 5.41) is 9.86. The number of halogens is 2. The van der Waals surface area contributed by atoms with Crippen LogP contribution in [0.2, 0.25) is 5.02 Å². The smallest absolute Gasteiger partial charge is 0.242 e. The Labute approximate surface area is 126 Å². The molecular weight excluding hydrogens is 354 g/mol. The average molecular weight is 369 g/mol. The van der Waals surface area contributed by atoms with Crippen molar-refractivity contribution in [2.24, 2.45) is 5.92 Å². The van der Waals surface area contributed by atoms with E-state index in [9.17, 15) is 13.5 Å². The molecule has 0 amide bonds. The molecule has 19 heavy (non-hydrogen) atoms. The summed E-state index contributed by atoms with van der Waals surface area (Å²) in [4.78, 5) is 0.0600. The minimum absolute atomic E-state index is 0.0102. The number of nitrogens with one attached hydrogen (secondary N) is 1. The molecule has 7 heteroatoms. The van der Waals surface area contributed by atoms with Gasteiger partial charge in [0.1, 0.15) is 4.90 Å². The van der Waals surface area contributed by atoms with Gasteiger partial charge in [-0.3, -0.25) is 0 Å². The summed E-state index contributed by atoms with van der Waals surface area (Å²) in [7, 11) is -3.63. The highest BCUT2D eigenvalue weighted by Crippen LogP contribution is 2.27. The topological polar surface area (TPSA) is 66.4 Å². The molecule has 0 radical (unpaired) electrons. The van der Waals surface area contributed by atoms with Gasteiger partial charge < -0.3 is 5.11 Å². The normalized spacial score (nSPS) is 23.7. The maximum atomic E-state index is 12.1. The highest BCUT2D eigenvalue weighted by atomic mass is 79.9. The number of sulfonamides is 1. The molecule has 1 aliphatic carbocycles. The molecule has 2 unspecified atom stereocenters. The summed E-state index contributed by atoms with van der Waals surface area (Å²) < 4.78 is 27.5. The summed E-state index contributed by atoms with van der Waals surface area (Å²) in [6, 6.07) is 4.63. The molecule has 0 heterocycles. The highest BCUT2D eigenvalue weighted by Gasteiger charge is 2.27. The minimum Gasteiger partial charge on any atom is -0.393 e. The molecule has 1 aromatic rings. The fourth-order valence-corrected chi connectivity index (χ4v) is 4.37. The van der Waals surface area contributed by atoms with Gasteiger partial charge in [-0.15, -0.1) is 0 Å². The molecular formula is C12H15BrClNO3S. The lowest BCUT2D eigenvalue weighted by Crippen LogP contribution is -2.32. The Kier molecular flexibility index (Phi) is 4.89. The monoisotopic (exact) mass is 367 g/mol. The SMILES string of the molecule is O=S(=O)(NCC1CCCC1O)c1ccc(Br)cc1Cl. The minimum atomic E-state index is -3.63. The van der Waals surface area contributed by atoms with Crippen molar-refractivity contribution in [2.75, 3.05) is 6.54 Å². The van der Waals surface area contributed by atoms with E-state index in [1.165, 1.54) is 6.07 Å². The van der Waals surface area contributed by atoms with Crippen LogP contribution in [0.5, 0.6) is 0 Å². The summed E-state index contributed by atoms with van der Waals surface area (Å²) in [5.74, 6) is -0.0102. The molecule has 0 aromatic heterocycles. The van der Waals surface area contributed by atoms with Crippen molar-refractivity contribution < 1.29 is 13.5 Å². The fraction of sp³-hybridized carbons (Fsp3) is 0.500. The standard InChI is InChI=1S/C12H15BrClNO3S/c13-9-4-5-12(10(14)6-9)19(17,18)15-7-8-2-1-3-11(8)16/h4-6,8,11,15-16H,1-3,7H2. The molecule has 0 bridgehead atoms. The Morgan fingerprint density at radius 3 is 2.74 bits per heavy atom. The zero-order chi connectivity index (χ0) is 14.0. The van der Waals surface area contributed by atoms with Crippen LogP contribution in [0.15, 0.2) is 27.6 Å². The lowest BCUT2D eigenvalue weighted by Gasteiger charge is -2.15. The van der Waals surface area contributed by atoms with Gasteiger partial charge in [0.15, 0.2) is 0 Å². The number of aliphatic hydroxyl groups is 1. The van der Waals surface area contributed by atoms with Gasteiger partial charge in [-0.05, 0) is 37.0 Å². The van der Waals surface area contributed by atoms with Crippen LogP contribution in [-0.2, 0) is 10.0 Å². The Morgan fingerprint density at radius 1 is 1.42 bits per heavy atom. The van der Waals surface area contributed by atoms with Crippen LogP contribution in [-0.4, -0.2) is 26.2 Å². The van der Waals surface area contributed by atoms with E-state index >= 15 is 0 Å². The molecule has 106 valence electrons. The van der Waals surface area contributed by atoms with Crippen LogP contribution in [0.25, 0.3) is 0 Å². The second kappa shape index (κ2) is 6.10. The quantitative estimate of drug-likeness (QED) is 0.858. The molecule has 1 saturated carbocycles. The predicted molar refractivity (Wildman–Crippen MR) is 77.7 cm³/mol. The highest BCUT2D eigenvalue weighted by molar-refractivity contribution is 9.10. The van der Waals surface area contributed by atoms with E-state index in [4.69, 9.17) is 11.6 Å². The molecule has 1 aliphatic rings. The summed E-state index contributed by atoms with van der Waals surface area (Å²) in [6.07, 6.45) is 2.11. The first-order valence-electron chi connectivity index (χ1n) is 6.03. The third-order valence-corrected chi connectivity index (χ3v) is 5.74. The maximum absolute atomic E-state index is 12.1. The number of hydrogen-bond donors (Lipinski definition) is 2. The Hall–Kier alpha value is -0.140. The zero-order valence-electron chi connectivity index (χ0n) is 10.1. The van der Waals surface area contributed by atoms with Crippen LogP contribution < -0.4 is 4.72 Å². The van der Waals surface area contributed by atoms with E-state index in [0.29, 0.717) is 0 Å². The van der Waals surface area contributed by atoms with Gasteiger partial charge in [0.25, 0.3) is 0 Å². The van der Waals surface area contributed by atoms with E-state index in [0.717, 1.165) is 23.7 Å². The molecule has 2 N–H and O–H groups in total. The van der Waals surface area contributed by atoms with E-state index in [1.54, 1.807) is 12.1 Å². The summed E-state index contributed by atoms with van der Waals surface area (Å²) >= 11 is 9.17. The molecule has 1 aromatic carbocycles. The second-order valence-corrected chi connectivity index (χ2v) is 7.74. The third-order valence-electron chi connectivity index (χ3n) is 3.34. The van der Waals surface area contributed by atoms with Gasteiger partial charge in [-0.1, -0.05) is 34.0 Å². The van der Waals surface area contributed by atoms with Crippen molar-refractivity contribution in [3.63, 3.8) is 0 Å². The average Bonchev–Trinajstić information content (AvgIpc) is 2.72. The van der Waals surface area contributed by atoms with Gasteiger partial charge >= 0.3 is 0 Å². The van der Waals surface area contributed by atoms with Crippen molar-refractivity contribution in [1.82, 2.24) is 4.72 Å². The molecule has 0 saturated heterocycles. The van der Waals surface area contributed by atoms with Crippen LogP contribution in [0.1, 0.15) is 19.3 Å². The van der Waals surface area contributed by atoms with Gasteiger partial charge in [-0.25, -0.2) is 13.1 Å². The van der Waals surface area contributed by atoms with Crippen molar-refractivity contribution in [3.8, 4) is 0 Å². The van der Waals surface area contributed by atoms with Gasteiger partial charge in [0.2, 0.25) is 10.0 Å². The van der Waals surface area contributed by atoms with Crippen LogP contribution in [0.3, 0.4) is 0 Å². The summed E-state index contributed by atoms with van der Waals surface area (Å²) in [5.41, 5.74) is 0. The second-order valence-electron chi connectivity index (χ2n) is 4.68. The van der Waals surface area contributed by atoms with Crippen LogP contribution in [0, 0.1) is 5.92 Å². The van der Waals surface area contributed by atoms with Gasteiger partial charge in [0, 0.05) is 11.0 Å². The van der Waals surface area contributed by atoms with Crippen molar-refractivity contribution >= 4 is 37.6 Å². The lowest BCUT2D eigenvalue weighted by atomic mass is 10.1. The van der Waals surface area contributed by atoms with Crippen molar-refractivity contribution in [3.05, 3.63) is 27.7 Å².